The van der Waals surface area contributed by atoms with Crippen molar-refractivity contribution in [3.63, 3.8) is 0 Å². The summed E-state index contributed by atoms with van der Waals surface area (Å²) < 4.78 is 7.51. The van der Waals surface area contributed by atoms with Gasteiger partial charge in [-0.15, -0.1) is 0 Å². The van der Waals surface area contributed by atoms with Gasteiger partial charge in [-0.05, 0) is 56.3 Å². The van der Waals surface area contributed by atoms with Crippen molar-refractivity contribution >= 4 is 15.9 Å². The summed E-state index contributed by atoms with van der Waals surface area (Å²) in [6.45, 7) is 8.46. The van der Waals surface area contributed by atoms with Crippen molar-refractivity contribution < 1.29 is 4.74 Å². The molecule has 112 valence electrons. The van der Waals surface area contributed by atoms with Crippen LogP contribution in [0.2, 0.25) is 0 Å². The summed E-state index contributed by atoms with van der Waals surface area (Å²) in [5, 5.41) is 3.40. The first-order chi connectivity index (χ1) is 9.60. The predicted molar refractivity (Wildman–Crippen MR) is 88.3 cm³/mol. The zero-order valence-corrected chi connectivity index (χ0v) is 14.4. The Morgan fingerprint density at radius 1 is 1.35 bits per heavy atom. The summed E-state index contributed by atoms with van der Waals surface area (Å²) in [6.07, 6.45) is 5.42. The Hall–Kier alpha value is -0.540. The Kier molecular flexibility index (Phi) is 5.91. The third kappa shape index (κ3) is 4.23. The molecule has 2 unspecified atom stereocenters. The summed E-state index contributed by atoms with van der Waals surface area (Å²) in [5.41, 5.74) is 2.49. The topological polar surface area (TPSA) is 21.3 Å². The van der Waals surface area contributed by atoms with Crippen molar-refractivity contribution in [2.45, 2.75) is 59.1 Å². The highest BCUT2D eigenvalue weighted by Crippen LogP contribution is 2.33. The number of nitrogens with one attached hydrogen (secondary N) is 1. The fraction of sp³-hybridized carbons (Fsp3) is 0.647. The number of benzene rings is 1. The smallest absolute Gasteiger partial charge is 0.127 e. The van der Waals surface area contributed by atoms with Crippen LogP contribution in [-0.2, 0) is 6.54 Å². The Labute approximate surface area is 131 Å². The Balaban J connectivity index is 2.15. The van der Waals surface area contributed by atoms with Crippen molar-refractivity contribution in [3.05, 3.63) is 27.7 Å². The van der Waals surface area contributed by atoms with Crippen molar-refractivity contribution in [2.24, 2.45) is 5.92 Å². The van der Waals surface area contributed by atoms with Crippen LogP contribution in [0.3, 0.4) is 0 Å². The summed E-state index contributed by atoms with van der Waals surface area (Å²) in [6, 6.07) is 4.33. The van der Waals surface area contributed by atoms with Gasteiger partial charge in [-0.1, -0.05) is 36.2 Å². The van der Waals surface area contributed by atoms with Gasteiger partial charge >= 0.3 is 0 Å². The minimum absolute atomic E-state index is 0.388. The number of hydrogen-bond donors (Lipinski definition) is 1. The quantitative estimate of drug-likeness (QED) is 0.829. The maximum atomic E-state index is 6.38. The van der Waals surface area contributed by atoms with E-state index in [2.05, 4.69) is 54.2 Å². The van der Waals surface area contributed by atoms with Gasteiger partial charge in [-0.3, -0.25) is 0 Å². The normalized spacial score (nSPS) is 22.8. The van der Waals surface area contributed by atoms with E-state index in [0.29, 0.717) is 6.10 Å². The second-order valence-electron chi connectivity index (χ2n) is 6.00. The van der Waals surface area contributed by atoms with Crippen LogP contribution >= 0.6 is 15.9 Å². The summed E-state index contributed by atoms with van der Waals surface area (Å²) in [5.74, 6) is 1.88. The molecule has 2 atom stereocenters. The first-order valence-corrected chi connectivity index (χ1v) is 8.55. The van der Waals surface area contributed by atoms with E-state index in [-0.39, 0.29) is 0 Å². The molecule has 1 saturated carbocycles. The first-order valence-electron chi connectivity index (χ1n) is 7.76. The highest BCUT2D eigenvalue weighted by atomic mass is 79.9. The molecule has 0 aliphatic heterocycles. The number of ether oxygens (including phenoxy) is 1. The van der Waals surface area contributed by atoms with Crippen LogP contribution in [0, 0.1) is 12.8 Å². The summed E-state index contributed by atoms with van der Waals surface area (Å²) in [4.78, 5) is 0. The fourth-order valence-electron chi connectivity index (χ4n) is 3.01. The molecule has 0 amide bonds. The third-order valence-electron chi connectivity index (χ3n) is 4.05. The van der Waals surface area contributed by atoms with Gasteiger partial charge in [0.05, 0.1) is 6.10 Å². The van der Waals surface area contributed by atoms with E-state index in [1.54, 1.807) is 0 Å². The Bertz CT molecular complexity index is 447. The van der Waals surface area contributed by atoms with Crippen LogP contribution in [0.1, 0.15) is 50.7 Å². The number of rotatable bonds is 5. The van der Waals surface area contributed by atoms with E-state index in [1.807, 2.05) is 0 Å². The lowest BCUT2D eigenvalue weighted by atomic mass is 9.88. The van der Waals surface area contributed by atoms with E-state index in [1.165, 1.54) is 36.8 Å². The Morgan fingerprint density at radius 3 is 2.85 bits per heavy atom. The van der Waals surface area contributed by atoms with Gasteiger partial charge in [0.2, 0.25) is 0 Å². The van der Waals surface area contributed by atoms with Crippen LogP contribution in [0.4, 0.5) is 0 Å². The maximum absolute atomic E-state index is 6.38. The van der Waals surface area contributed by atoms with Crippen LogP contribution in [-0.4, -0.2) is 12.6 Å². The van der Waals surface area contributed by atoms with Gasteiger partial charge in [0, 0.05) is 16.6 Å². The molecule has 1 aromatic rings. The maximum Gasteiger partial charge on any atom is 0.127 e. The van der Waals surface area contributed by atoms with Crippen molar-refractivity contribution in [3.8, 4) is 5.75 Å². The fourth-order valence-corrected chi connectivity index (χ4v) is 3.63. The van der Waals surface area contributed by atoms with Gasteiger partial charge < -0.3 is 10.1 Å². The van der Waals surface area contributed by atoms with Crippen LogP contribution < -0.4 is 10.1 Å². The second kappa shape index (κ2) is 7.46. The van der Waals surface area contributed by atoms with E-state index < -0.39 is 0 Å². The highest BCUT2D eigenvalue weighted by molar-refractivity contribution is 9.10. The molecule has 1 N–H and O–H groups in total. The summed E-state index contributed by atoms with van der Waals surface area (Å²) in [7, 11) is 0. The van der Waals surface area contributed by atoms with E-state index in [0.717, 1.165) is 29.2 Å². The lowest BCUT2D eigenvalue weighted by molar-refractivity contribution is 0.127. The molecule has 0 radical (unpaired) electrons. The van der Waals surface area contributed by atoms with E-state index in [4.69, 9.17) is 4.74 Å². The molecule has 1 aliphatic rings. The molecule has 0 heterocycles. The zero-order chi connectivity index (χ0) is 14.5. The number of aryl methyl sites for hydroxylation is 1. The minimum Gasteiger partial charge on any atom is -0.490 e. The molecule has 0 spiro atoms. The molecule has 20 heavy (non-hydrogen) atoms. The van der Waals surface area contributed by atoms with Gasteiger partial charge in [-0.25, -0.2) is 0 Å². The summed E-state index contributed by atoms with van der Waals surface area (Å²) >= 11 is 3.59. The lowest BCUT2D eigenvalue weighted by Crippen LogP contribution is -2.25. The van der Waals surface area contributed by atoms with Crippen molar-refractivity contribution in [2.75, 3.05) is 6.54 Å². The van der Waals surface area contributed by atoms with Gasteiger partial charge in [0.15, 0.2) is 0 Å². The number of halogens is 1. The molecule has 3 heteroatoms. The SMILES string of the molecule is CCNCc1cc(Br)cc(C)c1OC1CCCC(C)C1. The van der Waals surface area contributed by atoms with Gasteiger partial charge in [0.25, 0.3) is 0 Å². The number of hydrogen-bond acceptors (Lipinski definition) is 2. The van der Waals surface area contributed by atoms with Crippen molar-refractivity contribution in [1.82, 2.24) is 5.32 Å². The highest BCUT2D eigenvalue weighted by Gasteiger charge is 2.22. The monoisotopic (exact) mass is 339 g/mol. The molecular weight excluding hydrogens is 314 g/mol. The molecular formula is C17H26BrNO. The average molecular weight is 340 g/mol. The second-order valence-corrected chi connectivity index (χ2v) is 6.92. The van der Waals surface area contributed by atoms with Gasteiger partial charge in [-0.2, -0.15) is 0 Å². The molecule has 1 aromatic carbocycles. The minimum atomic E-state index is 0.388. The standard InChI is InChI=1S/C17H26BrNO/c1-4-19-11-14-10-15(18)9-13(3)17(14)20-16-7-5-6-12(2)8-16/h9-10,12,16,19H,4-8,11H2,1-3H3. The first kappa shape index (κ1) is 15.8. The van der Waals surface area contributed by atoms with Crippen LogP contribution in [0.25, 0.3) is 0 Å². The molecule has 1 aliphatic carbocycles. The molecule has 1 fully saturated rings. The molecule has 2 rings (SSSR count). The van der Waals surface area contributed by atoms with Crippen LogP contribution in [0.5, 0.6) is 5.75 Å². The molecule has 0 aromatic heterocycles. The third-order valence-corrected chi connectivity index (χ3v) is 4.51. The zero-order valence-electron chi connectivity index (χ0n) is 12.8. The molecule has 0 bridgehead atoms. The largest absolute Gasteiger partial charge is 0.490 e. The van der Waals surface area contributed by atoms with E-state index in [9.17, 15) is 0 Å². The predicted octanol–water partition coefficient (Wildman–Crippen LogP) is 4.82. The van der Waals surface area contributed by atoms with Crippen LogP contribution in [0.15, 0.2) is 16.6 Å². The molecule has 0 saturated heterocycles. The van der Waals surface area contributed by atoms with Crippen molar-refractivity contribution in [1.29, 1.82) is 0 Å². The molecule has 2 nitrogen and oxygen atoms in total. The lowest BCUT2D eigenvalue weighted by Gasteiger charge is -2.29. The van der Waals surface area contributed by atoms with Gasteiger partial charge in [0.1, 0.15) is 5.75 Å². The Morgan fingerprint density at radius 2 is 2.15 bits per heavy atom. The average Bonchev–Trinajstić information content (AvgIpc) is 2.40. The van der Waals surface area contributed by atoms with E-state index >= 15 is 0 Å².